The average molecular weight is 1090 g/mol. The van der Waals surface area contributed by atoms with Crippen molar-refractivity contribution in [3.8, 4) is 0 Å². The van der Waals surface area contributed by atoms with Crippen molar-refractivity contribution < 1.29 is 36.0 Å². The molecular weight excluding hydrogens is 1030 g/mol. The number of pyridine rings is 2. The normalized spacial score (nSPS) is 13.8. The van der Waals surface area contributed by atoms with E-state index in [1.54, 1.807) is 31.3 Å². The highest BCUT2D eigenvalue weighted by Gasteiger charge is 2.27. The Morgan fingerprint density at radius 1 is 0.541 bits per heavy atom. The molecule has 4 amide bonds. The molecule has 2 aliphatic heterocycles. The molecule has 0 aliphatic carbocycles. The Morgan fingerprint density at radius 3 is 1.32 bits per heavy atom. The third-order valence-corrected chi connectivity index (χ3v) is 14.5. The number of hydrogen-bond acceptors (Lipinski definition) is 14. The number of halogens is 2. The minimum absolute atomic E-state index is 0.00372. The van der Waals surface area contributed by atoms with E-state index < -0.39 is 31.5 Å². The molecule has 8 rings (SSSR count). The molecule has 0 saturated carbocycles. The molecule has 0 spiro atoms. The van der Waals surface area contributed by atoms with Gasteiger partial charge < -0.3 is 30.2 Å². The predicted octanol–water partition coefficient (Wildman–Crippen LogP) is 6.13. The van der Waals surface area contributed by atoms with Crippen molar-refractivity contribution in [1.29, 1.82) is 0 Å². The number of hydrogen-bond donors (Lipinski definition) is 2. The van der Waals surface area contributed by atoms with E-state index in [9.17, 15) is 36.0 Å². The van der Waals surface area contributed by atoms with Gasteiger partial charge in [0.05, 0.1) is 42.6 Å². The van der Waals surface area contributed by atoms with Crippen LogP contribution >= 0.6 is 23.2 Å². The summed E-state index contributed by atoms with van der Waals surface area (Å²) in [6, 6.07) is 18.6. The summed E-state index contributed by atoms with van der Waals surface area (Å²) >= 11 is 12.3. The van der Waals surface area contributed by atoms with Crippen molar-refractivity contribution in [3.05, 3.63) is 129 Å². The Morgan fingerprint density at radius 2 is 0.946 bits per heavy atom. The fourth-order valence-corrected chi connectivity index (χ4v) is 9.74. The van der Waals surface area contributed by atoms with E-state index in [0.717, 1.165) is 35.3 Å². The Kier molecular flexibility index (Phi) is 18.6. The second kappa shape index (κ2) is 24.4. The molecule has 2 aromatic carbocycles. The number of amides is 4. The molecule has 24 heteroatoms. The Balaban J connectivity index is 0.000000233. The summed E-state index contributed by atoms with van der Waals surface area (Å²) < 4.78 is 50.5. The van der Waals surface area contributed by atoms with Gasteiger partial charge in [0.1, 0.15) is 13.1 Å². The summed E-state index contributed by atoms with van der Waals surface area (Å²) in [6.07, 6.45) is 5.20. The van der Waals surface area contributed by atoms with E-state index in [4.69, 9.17) is 23.2 Å². The zero-order valence-corrected chi connectivity index (χ0v) is 45.6. The zero-order valence-electron chi connectivity index (χ0n) is 42.5. The molecule has 6 aromatic rings. The quantitative estimate of drug-likeness (QED) is 0.140. The number of piperazine rings is 2. The first-order valence-electron chi connectivity index (χ1n) is 23.6. The minimum atomic E-state index is -3.46. The second-order valence-electron chi connectivity index (χ2n) is 17.5. The van der Waals surface area contributed by atoms with E-state index in [2.05, 4.69) is 30.8 Å². The van der Waals surface area contributed by atoms with Crippen molar-refractivity contribution in [3.63, 3.8) is 0 Å². The molecule has 394 valence electrons. The van der Waals surface area contributed by atoms with Crippen LogP contribution in [0.3, 0.4) is 0 Å². The van der Waals surface area contributed by atoms with E-state index >= 15 is 0 Å². The molecule has 2 saturated heterocycles. The first-order valence-corrected chi connectivity index (χ1v) is 28.2. The van der Waals surface area contributed by atoms with Gasteiger partial charge in [-0.1, -0.05) is 43.1 Å². The van der Waals surface area contributed by atoms with Crippen LogP contribution in [0.1, 0.15) is 57.3 Å². The van der Waals surface area contributed by atoms with Crippen LogP contribution in [0.25, 0.3) is 0 Å². The maximum atomic E-state index is 12.9. The van der Waals surface area contributed by atoms with Crippen LogP contribution in [-0.4, -0.2) is 145 Å². The zero-order chi connectivity index (χ0) is 54.1. The number of aromatic nitrogens is 6. The van der Waals surface area contributed by atoms with Crippen molar-refractivity contribution >= 4 is 89.5 Å². The van der Waals surface area contributed by atoms with Gasteiger partial charge in [0.2, 0.25) is 11.8 Å². The van der Waals surface area contributed by atoms with Gasteiger partial charge in [-0.25, -0.2) is 26.8 Å². The Hall–Kier alpha value is -6.88. The minimum Gasteiger partial charge on any atom is -0.351 e. The SMILES string of the molecule is CC.Cc1cc(C)n(CC(=O)N2CCN(c3ncc(Cl)cc3NC(=O)c3ccc(S(C)(=O)=O)cc3)CC2)n1.Cc1cc(C)n(CC(=O)N2CCN(c3ncc(Cl)cc3NC(=O)c3cccc(S(C)(=O)=O)c3)CC2)n1. The fourth-order valence-electron chi connectivity index (χ4n) is 8.12. The molecule has 74 heavy (non-hydrogen) atoms. The van der Waals surface area contributed by atoms with Gasteiger partial charge in [-0.05, 0) is 94.4 Å². The van der Waals surface area contributed by atoms with E-state index in [1.165, 1.54) is 60.9 Å². The number of aryl methyl sites for hydroxylation is 4. The van der Waals surface area contributed by atoms with E-state index in [0.29, 0.717) is 91.0 Å². The van der Waals surface area contributed by atoms with Gasteiger partial charge in [-0.2, -0.15) is 10.2 Å². The molecular formula is C50H60Cl2N12O8S2. The van der Waals surface area contributed by atoms with Gasteiger partial charge in [0, 0.05) is 99.8 Å². The molecule has 0 radical (unpaired) electrons. The number of carbonyl (C=O) groups excluding carboxylic acids is 4. The molecule has 2 aliphatic rings. The van der Waals surface area contributed by atoms with Gasteiger partial charge >= 0.3 is 0 Å². The highest BCUT2D eigenvalue weighted by Crippen LogP contribution is 2.30. The number of nitrogens with one attached hydrogen (secondary N) is 2. The third kappa shape index (κ3) is 14.7. The van der Waals surface area contributed by atoms with Crippen LogP contribution in [0.5, 0.6) is 0 Å². The highest BCUT2D eigenvalue weighted by molar-refractivity contribution is 7.91. The van der Waals surface area contributed by atoms with Crippen molar-refractivity contribution in [2.45, 2.75) is 64.4 Å². The summed E-state index contributed by atoms with van der Waals surface area (Å²) in [6.45, 7) is 16.1. The Bertz CT molecular complexity index is 3240. The summed E-state index contributed by atoms with van der Waals surface area (Å²) in [7, 11) is -6.82. The van der Waals surface area contributed by atoms with Crippen molar-refractivity contribution in [1.82, 2.24) is 39.3 Å². The summed E-state index contributed by atoms with van der Waals surface area (Å²) in [5, 5.41) is 15.1. The summed E-state index contributed by atoms with van der Waals surface area (Å²) in [5.74, 6) is 0.160. The molecule has 0 bridgehead atoms. The van der Waals surface area contributed by atoms with Crippen LogP contribution in [-0.2, 0) is 42.4 Å². The van der Waals surface area contributed by atoms with Gasteiger partial charge in [-0.15, -0.1) is 0 Å². The largest absolute Gasteiger partial charge is 0.351 e. The maximum Gasteiger partial charge on any atom is 0.255 e. The first-order chi connectivity index (χ1) is 35.0. The number of carbonyl (C=O) groups is 4. The number of rotatable bonds is 12. The van der Waals surface area contributed by atoms with Crippen LogP contribution in [0.15, 0.2) is 95.0 Å². The number of nitrogens with zero attached hydrogens (tertiary/aromatic N) is 10. The maximum absolute atomic E-state index is 12.9. The highest BCUT2D eigenvalue weighted by atomic mass is 35.5. The number of sulfone groups is 2. The number of anilines is 4. The number of benzene rings is 2. The topological polar surface area (TPSA) is 235 Å². The second-order valence-corrected chi connectivity index (χ2v) is 22.4. The van der Waals surface area contributed by atoms with E-state index in [-0.39, 0.29) is 40.3 Å². The lowest BCUT2D eigenvalue weighted by atomic mass is 10.2. The third-order valence-electron chi connectivity index (χ3n) is 11.9. The lowest BCUT2D eigenvalue weighted by Crippen LogP contribution is -2.50. The summed E-state index contributed by atoms with van der Waals surface area (Å²) in [4.78, 5) is 68.0. The first kappa shape index (κ1) is 56.4. The Labute approximate surface area is 441 Å². The summed E-state index contributed by atoms with van der Waals surface area (Å²) in [5.41, 5.74) is 4.96. The average Bonchev–Trinajstić information content (AvgIpc) is 3.86. The van der Waals surface area contributed by atoms with Gasteiger partial charge in [0.25, 0.3) is 11.8 Å². The van der Waals surface area contributed by atoms with Gasteiger partial charge in [0.15, 0.2) is 31.3 Å². The molecule has 2 N–H and O–H groups in total. The molecule has 2 fully saturated rings. The molecule has 0 atom stereocenters. The van der Waals surface area contributed by atoms with Crippen LogP contribution in [0.2, 0.25) is 10.0 Å². The van der Waals surface area contributed by atoms with Gasteiger partial charge in [-0.3, -0.25) is 28.5 Å². The van der Waals surface area contributed by atoms with Crippen LogP contribution < -0.4 is 20.4 Å². The molecule has 4 aromatic heterocycles. The van der Waals surface area contributed by atoms with Crippen molar-refractivity contribution in [2.75, 3.05) is 85.3 Å². The molecule has 0 unspecified atom stereocenters. The smallest absolute Gasteiger partial charge is 0.255 e. The molecule has 20 nitrogen and oxygen atoms in total. The fraction of sp³-hybridized carbons (Fsp3) is 0.360. The van der Waals surface area contributed by atoms with Crippen LogP contribution in [0, 0.1) is 27.7 Å². The lowest BCUT2D eigenvalue weighted by Gasteiger charge is -2.36. The standard InChI is InChI=1S/2C24H27ClN6O4S.C2H6/c1-16-12-17(2)31(28-16)15-22(32)29-8-10-30(11-9-29)23-21(13-19(25)14-26-23)27-24(33)18-4-6-20(7-5-18)36(3,34)35;1-16-11-17(2)31(28-16)15-22(32)29-7-9-30(10-8-29)23-21(13-19(25)14-26-23)27-24(33)18-5-4-6-20(12-18)36(3,34)35;1-2/h4-7,12-14H,8-11,15H2,1-3H3,(H,27,33);4-6,11-14H,7-10,15H2,1-3H3,(H,27,33);1-2H3. The lowest BCUT2D eigenvalue weighted by molar-refractivity contribution is -0.133. The predicted molar refractivity (Wildman–Crippen MR) is 286 cm³/mol. The van der Waals surface area contributed by atoms with Crippen LogP contribution in [0.4, 0.5) is 23.0 Å². The molecule has 6 heterocycles. The van der Waals surface area contributed by atoms with Crippen molar-refractivity contribution in [2.24, 2.45) is 0 Å². The van der Waals surface area contributed by atoms with E-state index in [1.807, 2.05) is 63.5 Å². The monoisotopic (exact) mass is 1090 g/mol.